The van der Waals surface area contributed by atoms with Crippen molar-refractivity contribution in [2.45, 2.75) is 44.8 Å². The normalized spacial score (nSPS) is 11.8. The fourth-order valence-corrected chi connectivity index (χ4v) is 3.21. The molecule has 0 unspecified atom stereocenters. The summed E-state index contributed by atoms with van der Waals surface area (Å²) in [4.78, 5) is 12.4. The number of benzene rings is 2. The first-order valence-electron chi connectivity index (χ1n) is 9.40. The van der Waals surface area contributed by atoms with Gasteiger partial charge >= 0.3 is 6.18 Å². The highest BCUT2D eigenvalue weighted by Crippen LogP contribution is 2.30. The van der Waals surface area contributed by atoms with Gasteiger partial charge < -0.3 is 14.8 Å². The number of rotatable bonds is 9. The SMILES string of the molecule is COc1cc(CCC(=O)NC(C)(C)Cc2ccccc2Cl)ccc1OCC(F)(F)F. The Balaban J connectivity index is 1.92. The molecule has 1 N–H and O–H groups in total. The van der Waals surface area contributed by atoms with Crippen LogP contribution in [0.2, 0.25) is 5.02 Å². The van der Waals surface area contributed by atoms with E-state index < -0.39 is 18.3 Å². The lowest BCUT2D eigenvalue weighted by molar-refractivity contribution is -0.153. The smallest absolute Gasteiger partial charge is 0.422 e. The zero-order valence-electron chi connectivity index (χ0n) is 17.1. The van der Waals surface area contributed by atoms with Gasteiger partial charge in [0, 0.05) is 17.0 Å². The zero-order valence-corrected chi connectivity index (χ0v) is 17.9. The second-order valence-corrected chi connectivity index (χ2v) is 8.00. The predicted molar refractivity (Wildman–Crippen MR) is 110 cm³/mol. The average molecular weight is 444 g/mol. The minimum Gasteiger partial charge on any atom is -0.493 e. The van der Waals surface area contributed by atoms with E-state index in [-0.39, 0.29) is 23.8 Å². The highest BCUT2D eigenvalue weighted by atomic mass is 35.5. The average Bonchev–Trinajstić information content (AvgIpc) is 2.65. The van der Waals surface area contributed by atoms with Crippen LogP contribution in [0.4, 0.5) is 13.2 Å². The van der Waals surface area contributed by atoms with E-state index in [0.717, 1.165) is 11.1 Å². The van der Waals surface area contributed by atoms with Gasteiger partial charge in [-0.05, 0) is 56.0 Å². The number of carbonyl (C=O) groups is 1. The van der Waals surface area contributed by atoms with Gasteiger partial charge in [0.05, 0.1) is 7.11 Å². The number of carbonyl (C=O) groups excluding carboxylic acids is 1. The van der Waals surface area contributed by atoms with Crippen molar-refractivity contribution in [2.24, 2.45) is 0 Å². The van der Waals surface area contributed by atoms with Crippen LogP contribution in [0.1, 0.15) is 31.4 Å². The molecule has 2 aromatic rings. The summed E-state index contributed by atoms with van der Waals surface area (Å²) in [5.74, 6) is 0.0588. The summed E-state index contributed by atoms with van der Waals surface area (Å²) in [5, 5.41) is 3.65. The Morgan fingerprint density at radius 1 is 1.10 bits per heavy atom. The van der Waals surface area contributed by atoms with Crippen LogP contribution in [0, 0.1) is 0 Å². The molecule has 0 aliphatic rings. The lowest BCUT2D eigenvalue weighted by Crippen LogP contribution is -2.45. The number of alkyl halides is 3. The molecule has 164 valence electrons. The minimum atomic E-state index is -4.43. The van der Waals surface area contributed by atoms with E-state index >= 15 is 0 Å². The summed E-state index contributed by atoms with van der Waals surface area (Å²) in [7, 11) is 1.35. The highest BCUT2D eigenvalue weighted by molar-refractivity contribution is 6.31. The van der Waals surface area contributed by atoms with Crippen molar-refractivity contribution >= 4 is 17.5 Å². The summed E-state index contributed by atoms with van der Waals surface area (Å²) in [5.41, 5.74) is 1.21. The Morgan fingerprint density at radius 3 is 2.43 bits per heavy atom. The molecule has 0 saturated heterocycles. The van der Waals surface area contributed by atoms with E-state index in [2.05, 4.69) is 5.32 Å². The molecule has 0 fully saturated rings. The van der Waals surface area contributed by atoms with Crippen molar-refractivity contribution < 1.29 is 27.4 Å². The van der Waals surface area contributed by atoms with E-state index in [0.29, 0.717) is 17.9 Å². The van der Waals surface area contributed by atoms with Crippen molar-refractivity contribution in [1.29, 1.82) is 0 Å². The number of methoxy groups -OCH3 is 1. The molecular formula is C22H25ClF3NO3. The van der Waals surface area contributed by atoms with Crippen molar-refractivity contribution in [3.8, 4) is 11.5 Å². The maximum Gasteiger partial charge on any atom is 0.422 e. The van der Waals surface area contributed by atoms with Crippen LogP contribution >= 0.6 is 11.6 Å². The Hall–Kier alpha value is -2.41. The summed E-state index contributed by atoms with van der Waals surface area (Å²) in [6.07, 6.45) is -3.22. The first-order valence-corrected chi connectivity index (χ1v) is 9.78. The molecule has 0 bridgehead atoms. The maximum absolute atomic E-state index is 12.4. The third-order valence-electron chi connectivity index (χ3n) is 4.33. The van der Waals surface area contributed by atoms with E-state index in [1.807, 2.05) is 38.1 Å². The van der Waals surface area contributed by atoms with Crippen LogP contribution in [0.3, 0.4) is 0 Å². The third-order valence-corrected chi connectivity index (χ3v) is 4.70. The van der Waals surface area contributed by atoms with Crippen LogP contribution in [0.5, 0.6) is 11.5 Å². The zero-order chi connectivity index (χ0) is 22.4. The molecule has 0 aliphatic heterocycles. The van der Waals surface area contributed by atoms with Gasteiger partial charge in [-0.1, -0.05) is 35.9 Å². The number of hydrogen-bond donors (Lipinski definition) is 1. The quantitative estimate of drug-likeness (QED) is 0.567. The first kappa shape index (κ1) is 23.9. The van der Waals surface area contributed by atoms with Crippen LogP contribution in [-0.2, 0) is 17.6 Å². The van der Waals surface area contributed by atoms with Crippen LogP contribution in [0.15, 0.2) is 42.5 Å². The van der Waals surface area contributed by atoms with Gasteiger partial charge in [0.25, 0.3) is 0 Å². The number of nitrogens with one attached hydrogen (secondary N) is 1. The molecule has 2 aromatic carbocycles. The topological polar surface area (TPSA) is 47.6 Å². The number of hydrogen-bond acceptors (Lipinski definition) is 3. The molecule has 2 rings (SSSR count). The molecule has 0 heterocycles. The minimum absolute atomic E-state index is 0.00361. The van der Waals surface area contributed by atoms with Gasteiger partial charge in [-0.15, -0.1) is 0 Å². The molecular weight excluding hydrogens is 419 g/mol. The second kappa shape index (κ2) is 10.1. The Bertz CT molecular complexity index is 869. The van der Waals surface area contributed by atoms with E-state index in [1.54, 1.807) is 12.1 Å². The number of amides is 1. The maximum atomic E-state index is 12.4. The molecule has 4 nitrogen and oxygen atoms in total. The first-order chi connectivity index (χ1) is 14.0. The summed E-state index contributed by atoms with van der Waals surface area (Å²) in [6.45, 7) is 2.44. The molecule has 30 heavy (non-hydrogen) atoms. The van der Waals surface area contributed by atoms with Crippen molar-refractivity contribution in [2.75, 3.05) is 13.7 Å². The molecule has 0 saturated carbocycles. The molecule has 0 aromatic heterocycles. The molecule has 1 amide bonds. The Morgan fingerprint density at radius 2 is 1.80 bits per heavy atom. The number of halogens is 4. The second-order valence-electron chi connectivity index (χ2n) is 7.59. The number of ether oxygens (including phenoxy) is 2. The van der Waals surface area contributed by atoms with Crippen LogP contribution in [0.25, 0.3) is 0 Å². The van der Waals surface area contributed by atoms with Crippen molar-refractivity contribution in [1.82, 2.24) is 5.32 Å². The molecule has 0 atom stereocenters. The summed E-state index contributed by atoms with van der Waals surface area (Å²) in [6, 6.07) is 12.1. The lowest BCUT2D eigenvalue weighted by atomic mass is 9.94. The molecule has 8 heteroatoms. The third kappa shape index (κ3) is 7.78. The summed E-state index contributed by atoms with van der Waals surface area (Å²) >= 11 is 6.20. The van der Waals surface area contributed by atoms with E-state index in [1.165, 1.54) is 13.2 Å². The largest absolute Gasteiger partial charge is 0.493 e. The van der Waals surface area contributed by atoms with Gasteiger partial charge in [0.2, 0.25) is 5.91 Å². The molecule has 0 aliphatic carbocycles. The molecule has 0 spiro atoms. The number of aryl methyl sites for hydroxylation is 1. The van der Waals surface area contributed by atoms with Crippen LogP contribution < -0.4 is 14.8 Å². The van der Waals surface area contributed by atoms with Gasteiger partial charge in [-0.25, -0.2) is 0 Å². The fraction of sp³-hybridized carbons (Fsp3) is 0.409. The van der Waals surface area contributed by atoms with Crippen LogP contribution in [-0.4, -0.2) is 31.3 Å². The van der Waals surface area contributed by atoms with Crippen molar-refractivity contribution in [3.05, 3.63) is 58.6 Å². The van der Waals surface area contributed by atoms with Gasteiger partial charge in [0.15, 0.2) is 18.1 Å². The van der Waals surface area contributed by atoms with Gasteiger partial charge in [-0.3, -0.25) is 4.79 Å². The Kier molecular flexibility index (Phi) is 8.01. The Labute approximate surface area is 179 Å². The fourth-order valence-electron chi connectivity index (χ4n) is 3.01. The summed E-state index contributed by atoms with van der Waals surface area (Å²) < 4.78 is 46.9. The van der Waals surface area contributed by atoms with E-state index in [9.17, 15) is 18.0 Å². The predicted octanol–water partition coefficient (Wildman–Crippen LogP) is 5.36. The van der Waals surface area contributed by atoms with Gasteiger partial charge in [-0.2, -0.15) is 13.2 Å². The van der Waals surface area contributed by atoms with Crippen molar-refractivity contribution in [3.63, 3.8) is 0 Å². The standard InChI is InChI=1S/C22H25ClF3NO3/c1-21(2,13-16-6-4-5-7-17(16)23)27-20(28)11-9-15-8-10-18(19(12-15)29-3)30-14-22(24,25)26/h4-8,10,12H,9,11,13-14H2,1-3H3,(H,27,28). The van der Waals surface area contributed by atoms with E-state index in [4.69, 9.17) is 21.1 Å². The monoisotopic (exact) mass is 443 g/mol. The van der Waals surface area contributed by atoms with Gasteiger partial charge in [0.1, 0.15) is 0 Å². The lowest BCUT2D eigenvalue weighted by Gasteiger charge is -2.27. The molecule has 0 radical (unpaired) electrons. The highest BCUT2D eigenvalue weighted by Gasteiger charge is 2.29.